The van der Waals surface area contributed by atoms with Gasteiger partial charge in [0.15, 0.2) is 11.6 Å². The third-order valence-corrected chi connectivity index (χ3v) is 2.26. The van der Waals surface area contributed by atoms with E-state index in [0.29, 0.717) is 11.4 Å². The lowest BCUT2D eigenvalue weighted by Gasteiger charge is -2.07. The van der Waals surface area contributed by atoms with Crippen LogP contribution in [0.2, 0.25) is 0 Å². The zero-order valence-corrected chi connectivity index (χ0v) is 8.77. The minimum atomic E-state index is -0.402. The van der Waals surface area contributed by atoms with Crippen LogP contribution in [0.4, 0.5) is 10.1 Å². The van der Waals surface area contributed by atoms with Crippen molar-refractivity contribution in [1.29, 1.82) is 0 Å². The molecule has 1 heterocycles. The van der Waals surface area contributed by atoms with Crippen LogP contribution in [0.25, 0.3) is 11.3 Å². The molecule has 0 unspecified atom stereocenters. The molecule has 0 aliphatic carbocycles. The second-order valence-electron chi connectivity index (χ2n) is 3.29. The van der Waals surface area contributed by atoms with Crippen LogP contribution in [0, 0.1) is 5.82 Å². The van der Waals surface area contributed by atoms with E-state index in [9.17, 15) is 4.39 Å². The summed E-state index contributed by atoms with van der Waals surface area (Å²) in [6.45, 7) is 0. The number of anilines is 1. The standard InChI is InChI=1S/C12H11FN2O/c1-16-11-7-8(4-5-9(11)13)12-10(14)3-2-6-15-12/h2-7H,14H2,1H3. The van der Waals surface area contributed by atoms with Crippen LogP contribution in [0.5, 0.6) is 5.75 Å². The van der Waals surface area contributed by atoms with Gasteiger partial charge in [0.1, 0.15) is 0 Å². The Morgan fingerprint density at radius 3 is 2.81 bits per heavy atom. The highest BCUT2D eigenvalue weighted by molar-refractivity contribution is 5.73. The highest BCUT2D eigenvalue weighted by Crippen LogP contribution is 2.27. The molecule has 16 heavy (non-hydrogen) atoms. The second-order valence-corrected chi connectivity index (χ2v) is 3.29. The van der Waals surface area contributed by atoms with Gasteiger partial charge in [-0.1, -0.05) is 0 Å². The summed E-state index contributed by atoms with van der Waals surface area (Å²) in [7, 11) is 1.42. The monoisotopic (exact) mass is 218 g/mol. The summed E-state index contributed by atoms with van der Waals surface area (Å²) in [6, 6.07) is 8.03. The third-order valence-electron chi connectivity index (χ3n) is 2.26. The number of ether oxygens (including phenoxy) is 1. The second kappa shape index (κ2) is 4.18. The molecule has 3 nitrogen and oxygen atoms in total. The van der Waals surface area contributed by atoms with Crippen molar-refractivity contribution in [3.63, 3.8) is 0 Å². The fraction of sp³-hybridized carbons (Fsp3) is 0.0833. The first-order valence-corrected chi connectivity index (χ1v) is 4.77. The molecule has 2 aromatic rings. The predicted octanol–water partition coefficient (Wildman–Crippen LogP) is 2.48. The molecule has 4 heteroatoms. The smallest absolute Gasteiger partial charge is 0.165 e. The van der Waals surface area contributed by atoms with Gasteiger partial charge in [0.2, 0.25) is 0 Å². The number of methoxy groups -OCH3 is 1. The van der Waals surface area contributed by atoms with Crippen LogP contribution in [0.15, 0.2) is 36.5 Å². The molecule has 0 amide bonds. The molecular formula is C12H11FN2O. The van der Waals surface area contributed by atoms with Gasteiger partial charge in [-0.05, 0) is 30.3 Å². The highest BCUT2D eigenvalue weighted by atomic mass is 19.1. The van der Waals surface area contributed by atoms with E-state index in [-0.39, 0.29) is 5.75 Å². The van der Waals surface area contributed by atoms with Crippen molar-refractivity contribution >= 4 is 5.69 Å². The number of pyridine rings is 1. The highest BCUT2D eigenvalue weighted by Gasteiger charge is 2.08. The Morgan fingerprint density at radius 1 is 1.31 bits per heavy atom. The Labute approximate surface area is 92.7 Å². The Kier molecular flexibility index (Phi) is 2.72. The van der Waals surface area contributed by atoms with Gasteiger partial charge in [0, 0.05) is 11.8 Å². The molecular weight excluding hydrogens is 207 g/mol. The average molecular weight is 218 g/mol. The van der Waals surface area contributed by atoms with E-state index >= 15 is 0 Å². The average Bonchev–Trinajstić information content (AvgIpc) is 2.31. The van der Waals surface area contributed by atoms with Crippen molar-refractivity contribution in [3.05, 3.63) is 42.3 Å². The topological polar surface area (TPSA) is 48.1 Å². The number of aromatic nitrogens is 1. The van der Waals surface area contributed by atoms with E-state index in [2.05, 4.69) is 4.98 Å². The number of nitrogens with two attached hydrogens (primary N) is 1. The molecule has 0 saturated carbocycles. The van der Waals surface area contributed by atoms with E-state index in [0.717, 1.165) is 5.56 Å². The van der Waals surface area contributed by atoms with E-state index in [4.69, 9.17) is 10.5 Å². The van der Waals surface area contributed by atoms with Gasteiger partial charge in [-0.15, -0.1) is 0 Å². The molecule has 0 saturated heterocycles. The van der Waals surface area contributed by atoms with Crippen LogP contribution in [0.3, 0.4) is 0 Å². The quantitative estimate of drug-likeness (QED) is 0.842. The molecule has 0 spiro atoms. The Hall–Kier alpha value is -2.10. The van der Waals surface area contributed by atoms with Gasteiger partial charge in [-0.2, -0.15) is 0 Å². The minimum Gasteiger partial charge on any atom is -0.494 e. The van der Waals surface area contributed by atoms with Gasteiger partial charge in [-0.25, -0.2) is 4.39 Å². The molecule has 0 fully saturated rings. The Balaban J connectivity index is 2.53. The number of nitrogen functional groups attached to an aromatic ring is 1. The van der Waals surface area contributed by atoms with Crippen molar-refractivity contribution in [2.75, 3.05) is 12.8 Å². The van der Waals surface area contributed by atoms with Crippen molar-refractivity contribution in [2.24, 2.45) is 0 Å². The number of benzene rings is 1. The van der Waals surface area contributed by atoms with Crippen LogP contribution in [0.1, 0.15) is 0 Å². The molecule has 1 aromatic heterocycles. The van der Waals surface area contributed by atoms with Crippen LogP contribution >= 0.6 is 0 Å². The summed E-state index contributed by atoms with van der Waals surface area (Å²) >= 11 is 0. The fourth-order valence-electron chi connectivity index (χ4n) is 1.47. The van der Waals surface area contributed by atoms with Gasteiger partial charge in [0.05, 0.1) is 18.5 Å². The van der Waals surface area contributed by atoms with E-state index in [1.165, 1.54) is 13.2 Å². The van der Waals surface area contributed by atoms with E-state index in [1.807, 2.05) is 0 Å². The zero-order valence-electron chi connectivity index (χ0n) is 8.77. The van der Waals surface area contributed by atoms with Crippen molar-refractivity contribution in [2.45, 2.75) is 0 Å². The third kappa shape index (κ3) is 1.82. The normalized spacial score (nSPS) is 10.1. The van der Waals surface area contributed by atoms with Gasteiger partial charge >= 0.3 is 0 Å². The first-order valence-electron chi connectivity index (χ1n) is 4.77. The first kappa shape index (κ1) is 10.4. The molecule has 0 aliphatic heterocycles. The SMILES string of the molecule is COc1cc(-c2ncccc2N)ccc1F. The molecule has 0 radical (unpaired) electrons. The number of nitrogens with zero attached hydrogens (tertiary/aromatic N) is 1. The summed E-state index contributed by atoms with van der Waals surface area (Å²) < 4.78 is 18.1. The summed E-state index contributed by atoms with van der Waals surface area (Å²) in [5.41, 5.74) is 7.70. The van der Waals surface area contributed by atoms with Crippen LogP contribution < -0.4 is 10.5 Å². The fourth-order valence-corrected chi connectivity index (χ4v) is 1.47. The molecule has 0 atom stereocenters. The summed E-state index contributed by atoms with van der Waals surface area (Å²) in [4.78, 5) is 4.15. The lowest BCUT2D eigenvalue weighted by atomic mass is 10.1. The number of hydrogen-bond donors (Lipinski definition) is 1. The van der Waals surface area contributed by atoms with Gasteiger partial charge < -0.3 is 10.5 Å². The lowest BCUT2D eigenvalue weighted by Crippen LogP contribution is -1.94. The molecule has 1 aromatic carbocycles. The largest absolute Gasteiger partial charge is 0.494 e. The first-order chi connectivity index (χ1) is 7.72. The maximum absolute atomic E-state index is 13.2. The van der Waals surface area contributed by atoms with Crippen LogP contribution in [-0.4, -0.2) is 12.1 Å². The van der Waals surface area contributed by atoms with Crippen LogP contribution in [-0.2, 0) is 0 Å². The van der Waals surface area contributed by atoms with Crippen molar-refractivity contribution in [3.8, 4) is 17.0 Å². The molecule has 2 rings (SSSR count). The zero-order chi connectivity index (χ0) is 11.5. The van der Waals surface area contributed by atoms with Gasteiger partial charge in [0.25, 0.3) is 0 Å². The molecule has 2 N–H and O–H groups in total. The number of halogens is 1. The lowest BCUT2D eigenvalue weighted by molar-refractivity contribution is 0.387. The Morgan fingerprint density at radius 2 is 2.12 bits per heavy atom. The summed E-state index contributed by atoms with van der Waals surface area (Å²) in [5.74, 6) is -0.219. The number of rotatable bonds is 2. The molecule has 0 bridgehead atoms. The number of hydrogen-bond acceptors (Lipinski definition) is 3. The summed E-state index contributed by atoms with van der Waals surface area (Å²) in [5, 5.41) is 0. The maximum Gasteiger partial charge on any atom is 0.165 e. The summed E-state index contributed by atoms with van der Waals surface area (Å²) in [6.07, 6.45) is 1.64. The van der Waals surface area contributed by atoms with E-state index in [1.54, 1.807) is 30.5 Å². The minimum absolute atomic E-state index is 0.183. The van der Waals surface area contributed by atoms with Crippen molar-refractivity contribution in [1.82, 2.24) is 4.98 Å². The Bertz CT molecular complexity index is 514. The van der Waals surface area contributed by atoms with Crippen molar-refractivity contribution < 1.29 is 9.13 Å². The predicted molar refractivity (Wildman–Crippen MR) is 60.6 cm³/mol. The molecule has 82 valence electrons. The molecule has 0 aliphatic rings. The maximum atomic E-state index is 13.2. The van der Waals surface area contributed by atoms with Gasteiger partial charge in [-0.3, -0.25) is 4.98 Å². The van der Waals surface area contributed by atoms with E-state index < -0.39 is 5.82 Å².